The predicted molar refractivity (Wildman–Crippen MR) is 79.8 cm³/mol. The normalized spacial score (nSPS) is 23.9. The lowest BCUT2D eigenvalue weighted by Gasteiger charge is -2.25. The van der Waals surface area contributed by atoms with Crippen LogP contribution in [0.1, 0.15) is 38.7 Å². The first-order valence-electron chi connectivity index (χ1n) is 7.68. The summed E-state index contributed by atoms with van der Waals surface area (Å²) in [6.07, 6.45) is 3.08. The van der Waals surface area contributed by atoms with Crippen molar-refractivity contribution in [2.75, 3.05) is 6.61 Å². The zero-order chi connectivity index (χ0) is 15.1. The fourth-order valence-electron chi connectivity index (χ4n) is 2.81. The molecule has 0 amide bonds. The van der Waals surface area contributed by atoms with Crippen molar-refractivity contribution in [1.29, 1.82) is 0 Å². The lowest BCUT2D eigenvalue weighted by molar-refractivity contribution is -0.180. The first kappa shape index (κ1) is 16.0. The summed E-state index contributed by atoms with van der Waals surface area (Å²) < 4.78 is 17.2. The fourth-order valence-corrected chi connectivity index (χ4v) is 2.81. The SMILES string of the molecule is CCC1(CC)O[C@H](CCOC=O)[C@@H](Cc2ccccc2)O1. The lowest BCUT2D eigenvalue weighted by atomic mass is 10.0. The van der Waals surface area contributed by atoms with E-state index in [1.807, 2.05) is 18.2 Å². The van der Waals surface area contributed by atoms with E-state index in [4.69, 9.17) is 14.2 Å². The van der Waals surface area contributed by atoms with Crippen LogP contribution in [0.2, 0.25) is 0 Å². The average Bonchev–Trinajstić information content (AvgIpc) is 2.87. The predicted octanol–water partition coefficient (Wildman–Crippen LogP) is 3.09. The third-order valence-corrected chi connectivity index (χ3v) is 4.09. The summed E-state index contributed by atoms with van der Waals surface area (Å²) in [5, 5.41) is 0. The maximum Gasteiger partial charge on any atom is 0.293 e. The van der Waals surface area contributed by atoms with Crippen molar-refractivity contribution in [3.8, 4) is 0 Å². The molecule has 0 aromatic heterocycles. The minimum Gasteiger partial charge on any atom is -0.468 e. The van der Waals surface area contributed by atoms with Crippen molar-refractivity contribution in [2.24, 2.45) is 0 Å². The van der Waals surface area contributed by atoms with Gasteiger partial charge in [0.1, 0.15) is 0 Å². The molecule has 0 spiro atoms. The highest BCUT2D eigenvalue weighted by Crippen LogP contribution is 2.36. The van der Waals surface area contributed by atoms with Crippen molar-refractivity contribution in [3.05, 3.63) is 35.9 Å². The van der Waals surface area contributed by atoms with Crippen LogP contribution in [0.3, 0.4) is 0 Å². The van der Waals surface area contributed by atoms with E-state index in [1.54, 1.807) is 0 Å². The summed E-state index contributed by atoms with van der Waals surface area (Å²) >= 11 is 0. The second-order valence-corrected chi connectivity index (χ2v) is 5.38. The molecule has 0 aliphatic carbocycles. The Morgan fingerprint density at radius 2 is 1.81 bits per heavy atom. The Morgan fingerprint density at radius 3 is 2.43 bits per heavy atom. The van der Waals surface area contributed by atoms with E-state index in [0.717, 1.165) is 19.3 Å². The van der Waals surface area contributed by atoms with Crippen LogP contribution in [0.5, 0.6) is 0 Å². The van der Waals surface area contributed by atoms with Gasteiger partial charge in [-0.05, 0) is 18.4 Å². The standard InChI is InChI=1S/C17H24O4/c1-3-17(4-2)20-15(10-11-19-13-18)16(21-17)12-14-8-6-5-7-9-14/h5-9,13,15-16H,3-4,10-12H2,1-2H3/t15-,16-/m1/s1. The summed E-state index contributed by atoms with van der Waals surface area (Å²) in [5.74, 6) is -0.495. The Bertz CT molecular complexity index is 428. The van der Waals surface area contributed by atoms with Gasteiger partial charge in [0.15, 0.2) is 5.79 Å². The minimum absolute atomic E-state index is 0.00236. The van der Waals surface area contributed by atoms with Gasteiger partial charge in [0.25, 0.3) is 6.47 Å². The van der Waals surface area contributed by atoms with Crippen LogP contribution in [0.25, 0.3) is 0 Å². The summed E-state index contributed by atoms with van der Waals surface area (Å²) in [6, 6.07) is 10.3. The van der Waals surface area contributed by atoms with Gasteiger partial charge in [0.2, 0.25) is 0 Å². The number of hydrogen-bond donors (Lipinski definition) is 0. The molecule has 2 atom stereocenters. The molecule has 0 bridgehead atoms. The highest BCUT2D eigenvalue weighted by molar-refractivity contribution is 5.36. The van der Waals surface area contributed by atoms with Crippen LogP contribution in [0.15, 0.2) is 30.3 Å². The Balaban J connectivity index is 2.05. The smallest absolute Gasteiger partial charge is 0.293 e. The van der Waals surface area contributed by atoms with Crippen LogP contribution in [-0.4, -0.2) is 31.1 Å². The number of carbonyl (C=O) groups is 1. The topological polar surface area (TPSA) is 44.8 Å². The Hall–Kier alpha value is -1.39. The summed E-state index contributed by atoms with van der Waals surface area (Å²) in [6.45, 7) is 5.00. The van der Waals surface area contributed by atoms with E-state index in [9.17, 15) is 4.79 Å². The monoisotopic (exact) mass is 292 g/mol. The number of carbonyl (C=O) groups excluding carboxylic acids is 1. The molecular weight excluding hydrogens is 268 g/mol. The average molecular weight is 292 g/mol. The molecule has 0 radical (unpaired) electrons. The first-order chi connectivity index (χ1) is 10.2. The molecular formula is C17H24O4. The maximum atomic E-state index is 10.3. The molecule has 1 fully saturated rings. The van der Waals surface area contributed by atoms with Gasteiger partial charge in [-0.1, -0.05) is 44.2 Å². The number of ether oxygens (including phenoxy) is 3. The van der Waals surface area contributed by atoms with Crippen molar-refractivity contribution in [3.63, 3.8) is 0 Å². The molecule has 1 aromatic carbocycles. The zero-order valence-corrected chi connectivity index (χ0v) is 12.8. The summed E-state index contributed by atoms with van der Waals surface area (Å²) in [4.78, 5) is 10.3. The van der Waals surface area contributed by atoms with Crippen LogP contribution >= 0.6 is 0 Å². The van der Waals surface area contributed by atoms with Crippen LogP contribution in [0, 0.1) is 0 Å². The number of rotatable bonds is 8. The van der Waals surface area contributed by atoms with Gasteiger partial charge >= 0.3 is 0 Å². The van der Waals surface area contributed by atoms with Crippen LogP contribution in [-0.2, 0) is 25.4 Å². The van der Waals surface area contributed by atoms with Crippen LogP contribution in [0.4, 0.5) is 0 Å². The molecule has 0 N–H and O–H groups in total. The molecule has 0 unspecified atom stereocenters. The second kappa shape index (κ2) is 7.57. The molecule has 116 valence electrons. The van der Waals surface area contributed by atoms with Crippen molar-refractivity contribution in [2.45, 2.75) is 57.5 Å². The fraction of sp³-hybridized carbons (Fsp3) is 0.588. The van der Waals surface area contributed by atoms with Crippen molar-refractivity contribution in [1.82, 2.24) is 0 Å². The van der Waals surface area contributed by atoms with E-state index < -0.39 is 5.79 Å². The third kappa shape index (κ3) is 4.05. The van der Waals surface area contributed by atoms with Crippen molar-refractivity contribution >= 4 is 6.47 Å². The lowest BCUT2D eigenvalue weighted by Crippen LogP contribution is -2.29. The molecule has 0 saturated carbocycles. The van der Waals surface area contributed by atoms with Gasteiger partial charge in [-0.3, -0.25) is 4.79 Å². The number of benzene rings is 1. The second-order valence-electron chi connectivity index (χ2n) is 5.38. The Morgan fingerprint density at radius 1 is 1.14 bits per heavy atom. The Labute approximate surface area is 126 Å². The van der Waals surface area contributed by atoms with Gasteiger partial charge in [-0.15, -0.1) is 0 Å². The Kier molecular flexibility index (Phi) is 5.76. The third-order valence-electron chi connectivity index (χ3n) is 4.09. The van der Waals surface area contributed by atoms with E-state index in [0.29, 0.717) is 19.5 Å². The summed E-state index contributed by atoms with van der Waals surface area (Å²) in [5.41, 5.74) is 1.23. The van der Waals surface area contributed by atoms with E-state index >= 15 is 0 Å². The molecule has 1 saturated heterocycles. The molecule has 2 rings (SSSR count). The molecule has 4 nitrogen and oxygen atoms in total. The summed E-state index contributed by atoms with van der Waals surface area (Å²) in [7, 11) is 0. The highest BCUT2D eigenvalue weighted by Gasteiger charge is 2.44. The number of hydrogen-bond acceptors (Lipinski definition) is 4. The van der Waals surface area contributed by atoms with E-state index in [2.05, 4.69) is 26.0 Å². The van der Waals surface area contributed by atoms with Gasteiger partial charge in [0, 0.05) is 12.8 Å². The minimum atomic E-state index is -0.495. The molecule has 1 aliphatic heterocycles. The zero-order valence-electron chi connectivity index (χ0n) is 12.8. The highest BCUT2D eigenvalue weighted by atomic mass is 16.8. The van der Waals surface area contributed by atoms with Gasteiger partial charge in [-0.2, -0.15) is 0 Å². The van der Waals surface area contributed by atoms with Gasteiger partial charge in [0.05, 0.1) is 18.8 Å². The molecule has 1 heterocycles. The van der Waals surface area contributed by atoms with Gasteiger partial charge in [-0.25, -0.2) is 0 Å². The van der Waals surface area contributed by atoms with E-state index in [1.165, 1.54) is 5.56 Å². The van der Waals surface area contributed by atoms with Gasteiger partial charge < -0.3 is 14.2 Å². The first-order valence-corrected chi connectivity index (χ1v) is 7.68. The molecule has 1 aliphatic rings. The quantitative estimate of drug-likeness (QED) is 0.545. The molecule has 21 heavy (non-hydrogen) atoms. The molecule has 4 heteroatoms. The van der Waals surface area contributed by atoms with Crippen molar-refractivity contribution < 1.29 is 19.0 Å². The maximum absolute atomic E-state index is 10.3. The van der Waals surface area contributed by atoms with E-state index in [-0.39, 0.29) is 12.2 Å². The molecule has 1 aromatic rings. The van der Waals surface area contributed by atoms with Crippen LogP contribution < -0.4 is 0 Å². The largest absolute Gasteiger partial charge is 0.468 e.